The number of nitrogens with one attached hydrogen (secondary N) is 2. The third-order valence-electron chi connectivity index (χ3n) is 1.94. The molecule has 1 heterocycles. The second-order valence-corrected chi connectivity index (χ2v) is 5.18. The molecule has 0 aliphatic rings. The number of imidazole rings is 1. The first kappa shape index (κ1) is 12.6. The molecule has 0 atom stereocenters. The lowest BCUT2D eigenvalue weighted by Gasteiger charge is -2.05. The van der Waals surface area contributed by atoms with E-state index in [1.54, 1.807) is 6.20 Å². The van der Waals surface area contributed by atoms with Crippen LogP contribution in [0.3, 0.4) is 0 Å². The molecular weight excluding hydrogens is 206 g/mol. The average Bonchev–Trinajstić information content (AvgIpc) is 2.68. The summed E-state index contributed by atoms with van der Waals surface area (Å²) in [6.07, 6.45) is 4.88. The Hall–Kier alpha value is -0.480. The van der Waals surface area contributed by atoms with E-state index in [-0.39, 0.29) is 0 Å². The van der Waals surface area contributed by atoms with Gasteiger partial charge >= 0.3 is 0 Å². The second kappa shape index (κ2) is 7.77. The van der Waals surface area contributed by atoms with Crippen LogP contribution in [0.25, 0.3) is 0 Å². The van der Waals surface area contributed by atoms with Crippen LogP contribution in [0.5, 0.6) is 0 Å². The van der Waals surface area contributed by atoms with Gasteiger partial charge in [0.15, 0.2) is 0 Å². The van der Waals surface area contributed by atoms with Crippen molar-refractivity contribution in [3.63, 3.8) is 0 Å². The van der Waals surface area contributed by atoms with E-state index in [2.05, 4.69) is 29.1 Å². The topological polar surface area (TPSA) is 40.7 Å². The number of thioether (sulfide) groups is 1. The van der Waals surface area contributed by atoms with Gasteiger partial charge in [-0.3, -0.25) is 0 Å². The molecule has 0 unspecified atom stereocenters. The molecule has 2 N–H and O–H groups in total. The van der Waals surface area contributed by atoms with Gasteiger partial charge in [0.2, 0.25) is 0 Å². The first-order chi connectivity index (χ1) is 7.29. The van der Waals surface area contributed by atoms with Crippen molar-refractivity contribution in [2.75, 3.05) is 18.1 Å². The average molecular weight is 227 g/mol. The molecule has 0 saturated carbocycles. The van der Waals surface area contributed by atoms with Gasteiger partial charge in [-0.05, 0) is 30.4 Å². The van der Waals surface area contributed by atoms with Gasteiger partial charge in [0.05, 0.1) is 6.54 Å². The zero-order valence-corrected chi connectivity index (χ0v) is 10.4. The lowest BCUT2D eigenvalue weighted by atomic mass is 10.3. The van der Waals surface area contributed by atoms with Gasteiger partial charge in [0, 0.05) is 12.4 Å². The van der Waals surface area contributed by atoms with Crippen LogP contribution in [0, 0.1) is 5.92 Å². The molecule has 0 spiro atoms. The summed E-state index contributed by atoms with van der Waals surface area (Å²) in [4.78, 5) is 7.23. The summed E-state index contributed by atoms with van der Waals surface area (Å²) in [5.41, 5.74) is 0. The highest BCUT2D eigenvalue weighted by molar-refractivity contribution is 7.99. The van der Waals surface area contributed by atoms with E-state index in [4.69, 9.17) is 0 Å². The van der Waals surface area contributed by atoms with Crippen molar-refractivity contribution < 1.29 is 0 Å². The molecule has 1 rings (SSSR count). The van der Waals surface area contributed by atoms with Crippen LogP contribution in [0.2, 0.25) is 0 Å². The quantitative estimate of drug-likeness (QED) is 0.669. The number of aromatic amines is 1. The fraction of sp³-hybridized carbons (Fsp3) is 0.727. The van der Waals surface area contributed by atoms with E-state index < -0.39 is 0 Å². The molecule has 0 aromatic carbocycles. The van der Waals surface area contributed by atoms with E-state index in [9.17, 15) is 0 Å². The molecule has 0 aliphatic carbocycles. The van der Waals surface area contributed by atoms with Crippen LogP contribution >= 0.6 is 11.8 Å². The zero-order chi connectivity index (χ0) is 10.9. The van der Waals surface area contributed by atoms with Gasteiger partial charge in [-0.1, -0.05) is 13.8 Å². The molecular formula is C11H21N3S. The van der Waals surface area contributed by atoms with E-state index in [0.717, 1.165) is 24.8 Å². The normalized spacial score (nSPS) is 11.1. The van der Waals surface area contributed by atoms with Crippen molar-refractivity contribution in [3.8, 4) is 0 Å². The Morgan fingerprint density at radius 2 is 2.40 bits per heavy atom. The third kappa shape index (κ3) is 6.57. The molecule has 1 aromatic heterocycles. The number of H-pyrrole nitrogens is 1. The van der Waals surface area contributed by atoms with Crippen molar-refractivity contribution >= 4 is 11.8 Å². The van der Waals surface area contributed by atoms with Gasteiger partial charge in [-0.15, -0.1) is 0 Å². The van der Waals surface area contributed by atoms with Gasteiger partial charge in [0.25, 0.3) is 0 Å². The Morgan fingerprint density at radius 1 is 1.53 bits per heavy atom. The van der Waals surface area contributed by atoms with Crippen molar-refractivity contribution in [2.45, 2.75) is 26.8 Å². The number of hydrogen-bond acceptors (Lipinski definition) is 3. The Labute approximate surface area is 96.5 Å². The number of nitrogens with zero attached hydrogens (tertiary/aromatic N) is 1. The smallest absolute Gasteiger partial charge is 0.120 e. The Balaban J connectivity index is 1.85. The molecule has 0 aliphatic heterocycles. The van der Waals surface area contributed by atoms with E-state index in [1.165, 1.54) is 17.9 Å². The highest BCUT2D eigenvalue weighted by atomic mass is 32.2. The highest BCUT2D eigenvalue weighted by Gasteiger charge is 1.95. The zero-order valence-electron chi connectivity index (χ0n) is 9.62. The molecule has 0 amide bonds. The summed E-state index contributed by atoms with van der Waals surface area (Å²) in [6.45, 7) is 6.46. The van der Waals surface area contributed by atoms with Gasteiger partial charge < -0.3 is 10.3 Å². The fourth-order valence-corrected chi connectivity index (χ4v) is 2.21. The van der Waals surface area contributed by atoms with Crippen LogP contribution in [0.15, 0.2) is 12.4 Å². The number of aromatic nitrogens is 2. The van der Waals surface area contributed by atoms with Crippen LogP contribution in [-0.2, 0) is 6.54 Å². The molecule has 3 nitrogen and oxygen atoms in total. The molecule has 4 heteroatoms. The summed E-state index contributed by atoms with van der Waals surface area (Å²) >= 11 is 2.05. The minimum atomic E-state index is 0.811. The molecule has 0 fully saturated rings. The summed E-state index contributed by atoms with van der Waals surface area (Å²) in [7, 11) is 0. The van der Waals surface area contributed by atoms with E-state index in [1.807, 2.05) is 18.0 Å². The summed E-state index contributed by atoms with van der Waals surface area (Å²) in [5.74, 6) is 4.36. The van der Waals surface area contributed by atoms with Crippen molar-refractivity contribution in [2.24, 2.45) is 5.92 Å². The molecule has 0 bridgehead atoms. The monoisotopic (exact) mass is 227 g/mol. The fourth-order valence-electron chi connectivity index (χ4n) is 1.22. The predicted molar refractivity (Wildman–Crippen MR) is 67.1 cm³/mol. The van der Waals surface area contributed by atoms with Crippen LogP contribution in [0.1, 0.15) is 26.1 Å². The van der Waals surface area contributed by atoms with Gasteiger partial charge in [0.1, 0.15) is 5.82 Å². The van der Waals surface area contributed by atoms with Crippen molar-refractivity contribution in [3.05, 3.63) is 18.2 Å². The van der Waals surface area contributed by atoms with Crippen LogP contribution in [0.4, 0.5) is 0 Å². The molecule has 1 aromatic rings. The first-order valence-electron chi connectivity index (χ1n) is 5.55. The molecule has 0 saturated heterocycles. The Bertz CT molecular complexity index is 234. The Morgan fingerprint density at radius 3 is 3.07 bits per heavy atom. The summed E-state index contributed by atoms with van der Waals surface area (Å²) in [5, 5.41) is 3.37. The first-order valence-corrected chi connectivity index (χ1v) is 6.71. The Kier molecular flexibility index (Phi) is 6.52. The SMILES string of the molecule is CC(C)CSCCCNCc1ncc[nH]1. The maximum Gasteiger partial charge on any atom is 0.120 e. The molecule has 15 heavy (non-hydrogen) atoms. The lowest BCUT2D eigenvalue weighted by Crippen LogP contribution is -2.16. The molecule has 86 valence electrons. The maximum absolute atomic E-state index is 4.15. The summed E-state index contributed by atoms with van der Waals surface area (Å²) < 4.78 is 0. The third-order valence-corrected chi connectivity index (χ3v) is 3.42. The van der Waals surface area contributed by atoms with Crippen molar-refractivity contribution in [1.82, 2.24) is 15.3 Å². The minimum absolute atomic E-state index is 0.811. The minimum Gasteiger partial charge on any atom is -0.348 e. The number of rotatable bonds is 8. The predicted octanol–water partition coefficient (Wildman–Crippen LogP) is 2.28. The van der Waals surface area contributed by atoms with Crippen LogP contribution in [-0.4, -0.2) is 28.0 Å². The summed E-state index contributed by atoms with van der Waals surface area (Å²) in [6, 6.07) is 0. The largest absolute Gasteiger partial charge is 0.348 e. The number of hydrogen-bond donors (Lipinski definition) is 2. The van der Waals surface area contributed by atoms with E-state index in [0.29, 0.717) is 0 Å². The molecule has 0 radical (unpaired) electrons. The highest BCUT2D eigenvalue weighted by Crippen LogP contribution is 2.07. The van der Waals surface area contributed by atoms with Crippen molar-refractivity contribution in [1.29, 1.82) is 0 Å². The van der Waals surface area contributed by atoms with Gasteiger partial charge in [-0.25, -0.2) is 4.98 Å². The van der Waals surface area contributed by atoms with E-state index >= 15 is 0 Å². The lowest BCUT2D eigenvalue weighted by molar-refractivity contribution is 0.657. The maximum atomic E-state index is 4.15. The van der Waals surface area contributed by atoms with Gasteiger partial charge in [-0.2, -0.15) is 11.8 Å². The standard InChI is InChI=1S/C11H21N3S/c1-10(2)9-15-7-3-4-12-8-11-13-5-6-14-11/h5-6,10,12H,3-4,7-9H2,1-2H3,(H,13,14). The second-order valence-electron chi connectivity index (χ2n) is 4.03. The van der Waals surface area contributed by atoms with Crippen LogP contribution < -0.4 is 5.32 Å².